The van der Waals surface area contributed by atoms with Gasteiger partial charge in [-0.15, -0.1) is 0 Å². The van der Waals surface area contributed by atoms with Gasteiger partial charge in [0, 0.05) is 13.1 Å². The van der Waals surface area contributed by atoms with Gasteiger partial charge in [-0.25, -0.2) is 0 Å². The van der Waals surface area contributed by atoms with Crippen molar-refractivity contribution in [3.63, 3.8) is 0 Å². The van der Waals surface area contributed by atoms with Crippen LogP contribution < -0.4 is 4.90 Å². The lowest BCUT2D eigenvalue weighted by atomic mass is 10.2. The highest BCUT2D eigenvalue weighted by atomic mass is 35.5. The van der Waals surface area contributed by atoms with Crippen LogP contribution in [-0.4, -0.2) is 29.1 Å². The summed E-state index contributed by atoms with van der Waals surface area (Å²) in [5, 5.41) is 19.7. The van der Waals surface area contributed by atoms with Gasteiger partial charge in [-0.1, -0.05) is 17.7 Å². The molecule has 0 aliphatic rings. The van der Waals surface area contributed by atoms with Gasteiger partial charge in [0.15, 0.2) is 0 Å². The number of hydrogen-bond acceptors (Lipinski definition) is 4. The normalized spacial score (nSPS) is 10.1. The Morgan fingerprint density at radius 3 is 2.72 bits per heavy atom. The molecule has 0 heterocycles. The zero-order valence-corrected chi connectivity index (χ0v) is 10.6. The monoisotopic (exact) mass is 272 g/mol. The van der Waals surface area contributed by atoms with Crippen LogP contribution in [0.2, 0.25) is 5.02 Å². The average molecular weight is 273 g/mol. The van der Waals surface area contributed by atoms with Gasteiger partial charge < -0.3 is 10.0 Å². The number of nitro groups is 1. The van der Waals surface area contributed by atoms with E-state index in [0.29, 0.717) is 12.2 Å². The van der Waals surface area contributed by atoms with E-state index in [1.165, 1.54) is 6.07 Å². The number of carboxylic acid groups (broad SMARTS) is 1. The molecule has 0 fully saturated rings. The maximum Gasteiger partial charge on any atom is 0.310 e. The highest BCUT2D eigenvalue weighted by molar-refractivity contribution is 6.33. The molecule has 0 atom stereocenters. The SMILES string of the molecule is CCN(CCC(=O)O)c1cccc(Cl)c1[N+](=O)[O-]. The highest BCUT2D eigenvalue weighted by Crippen LogP contribution is 2.34. The highest BCUT2D eigenvalue weighted by Gasteiger charge is 2.22. The van der Waals surface area contributed by atoms with Crippen molar-refractivity contribution in [3.05, 3.63) is 33.3 Å². The van der Waals surface area contributed by atoms with Crippen molar-refractivity contribution in [1.82, 2.24) is 0 Å². The number of rotatable bonds is 6. The topological polar surface area (TPSA) is 83.7 Å². The number of carboxylic acids is 1. The summed E-state index contributed by atoms with van der Waals surface area (Å²) in [4.78, 5) is 22.6. The quantitative estimate of drug-likeness (QED) is 0.635. The van der Waals surface area contributed by atoms with Crippen molar-refractivity contribution in [2.45, 2.75) is 13.3 Å². The van der Waals surface area contributed by atoms with E-state index < -0.39 is 10.9 Å². The van der Waals surface area contributed by atoms with Gasteiger partial charge in [0.25, 0.3) is 0 Å². The minimum Gasteiger partial charge on any atom is -0.481 e. The van der Waals surface area contributed by atoms with E-state index in [9.17, 15) is 14.9 Å². The van der Waals surface area contributed by atoms with E-state index in [0.717, 1.165) is 0 Å². The maximum atomic E-state index is 11.0. The second-order valence-electron chi connectivity index (χ2n) is 3.59. The number of aliphatic carboxylic acids is 1. The Kier molecular flexibility index (Phi) is 4.91. The molecule has 98 valence electrons. The number of carbonyl (C=O) groups is 1. The molecule has 0 aliphatic carbocycles. The summed E-state index contributed by atoms with van der Waals surface area (Å²) >= 11 is 5.80. The lowest BCUT2D eigenvalue weighted by Gasteiger charge is -2.22. The first kappa shape index (κ1) is 14.2. The van der Waals surface area contributed by atoms with E-state index >= 15 is 0 Å². The van der Waals surface area contributed by atoms with Gasteiger partial charge in [-0.3, -0.25) is 14.9 Å². The number of nitro benzene ring substituents is 1. The van der Waals surface area contributed by atoms with Crippen molar-refractivity contribution < 1.29 is 14.8 Å². The van der Waals surface area contributed by atoms with Gasteiger partial charge >= 0.3 is 11.7 Å². The van der Waals surface area contributed by atoms with Gasteiger partial charge in [0.2, 0.25) is 0 Å². The van der Waals surface area contributed by atoms with Crippen molar-refractivity contribution >= 4 is 28.9 Å². The number of para-hydroxylation sites is 1. The molecule has 0 saturated heterocycles. The van der Waals surface area contributed by atoms with Crippen molar-refractivity contribution in [3.8, 4) is 0 Å². The summed E-state index contributed by atoms with van der Waals surface area (Å²) in [6.45, 7) is 2.47. The van der Waals surface area contributed by atoms with E-state index in [-0.39, 0.29) is 23.7 Å². The zero-order valence-electron chi connectivity index (χ0n) is 9.80. The molecule has 0 saturated carbocycles. The van der Waals surface area contributed by atoms with Crippen LogP contribution in [0.5, 0.6) is 0 Å². The van der Waals surface area contributed by atoms with E-state index in [2.05, 4.69) is 0 Å². The molecular weight excluding hydrogens is 260 g/mol. The van der Waals surface area contributed by atoms with E-state index in [4.69, 9.17) is 16.7 Å². The molecule has 18 heavy (non-hydrogen) atoms. The first-order valence-electron chi connectivity index (χ1n) is 5.37. The summed E-state index contributed by atoms with van der Waals surface area (Å²) in [6, 6.07) is 4.61. The molecular formula is C11H13ClN2O4. The van der Waals surface area contributed by atoms with Crippen LogP contribution in [0, 0.1) is 10.1 Å². The summed E-state index contributed by atoms with van der Waals surface area (Å²) in [5.41, 5.74) is 0.155. The molecule has 0 radical (unpaired) electrons. The molecule has 1 aromatic carbocycles. The van der Waals surface area contributed by atoms with Crippen molar-refractivity contribution in [2.24, 2.45) is 0 Å². The molecule has 1 aromatic rings. The smallest absolute Gasteiger partial charge is 0.310 e. The standard InChI is InChI=1S/C11H13ClN2O4/c1-2-13(7-6-10(15)16)9-5-3-4-8(12)11(9)14(17)18/h3-5H,2,6-7H2,1H3,(H,15,16). The van der Waals surface area contributed by atoms with Crippen LogP contribution in [-0.2, 0) is 4.79 Å². The van der Waals surface area contributed by atoms with Gasteiger partial charge in [-0.2, -0.15) is 0 Å². The number of hydrogen-bond donors (Lipinski definition) is 1. The predicted octanol–water partition coefficient (Wildman–Crippen LogP) is 2.55. The van der Waals surface area contributed by atoms with Crippen LogP contribution in [0.4, 0.5) is 11.4 Å². The Morgan fingerprint density at radius 2 is 2.22 bits per heavy atom. The first-order valence-corrected chi connectivity index (χ1v) is 5.74. The van der Waals surface area contributed by atoms with E-state index in [1.54, 1.807) is 24.0 Å². The third kappa shape index (κ3) is 3.33. The molecule has 0 aromatic heterocycles. The summed E-state index contributed by atoms with van der Waals surface area (Å²) in [6.07, 6.45) is -0.0858. The third-order valence-electron chi connectivity index (χ3n) is 2.47. The van der Waals surface area contributed by atoms with Crippen molar-refractivity contribution in [1.29, 1.82) is 0 Å². The van der Waals surface area contributed by atoms with Crippen LogP contribution in [0.25, 0.3) is 0 Å². The fraction of sp³-hybridized carbons (Fsp3) is 0.364. The lowest BCUT2D eigenvalue weighted by Crippen LogP contribution is -2.26. The Balaban J connectivity index is 3.08. The Morgan fingerprint density at radius 1 is 1.56 bits per heavy atom. The average Bonchev–Trinajstić information content (AvgIpc) is 2.29. The van der Waals surface area contributed by atoms with E-state index in [1.807, 2.05) is 0 Å². The second kappa shape index (κ2) is 6.20. The Hall–Kier alpha value is -1.82. The predicted molar refractivity (Wildman–Crippen MR) is 68.2 cm³/mol. The second-order valence-corrected chi connectivity index (χ2v) is 4.00. The molecule has 1 rings (SSSR count). The Labute approximate surface area is 109 Å². The Bertz CT molecular complexity index is 464. The largest absolute Gasteiger partial charge is 0.481 e. The lowest BCUT2D eigenvalue weighted by molar-refractivity contribution is -0.384. The van der Waals surface area contributed by atoms with Gasteiger partial charge in [0.05, 0.1) is 11.3 Å². The molecule has 1 N–H and O–H groups in total. The van der Waals surface area contributed by atoms with Crippen LogP contribution in [0.1, 0.15) is 13.3 Å². The number of halogens is 1. The summed E-state index contributed by atoms with van der Waals surface area (Å²) < 4.78 is 0. The van der Waals surface area contributed by atoms with Crippen molar-refractivity contribution in [2.75, 3.05) is 18.0 Å². The molecule has 0 aliphatic heterocycles. The summed E-state index contributed by atoms with van der Waals surface area (Å²) in [5.74, 6) is -0.946. The molecule has 0 amide bonds. The van der Waals surface area contributed by atoms with Crippen LogP contribution >= 0.6 is 11.6 Å². The fourth-order valence-electron chi connectivity index (χ4n) is 1.62. The zero-order chi connectivity index (χ0) is 13.7. The minimum atomic E-state index is -0.946. The maximum absolute atomic E-state index is 11.0. The fourth-order valence-corrected chi connectivity index (χ4v) is 1.86. The van der Waals surface area contributed by atoms with Gasteiger partial charge in [0.1, 0.15) is 10.7 Å². The molecule has 7 heteroatoms. The van der Waals surface area contributed by atoms with Gasteiger partial charge in [-0.05, 0) is 19.1 Å². The molecule has 6 nitrogen and oxygen atoms in total. The molecule has 0 bridgehead atoms. The number of anilines is 1. The van der Waals surface area contributed by atoms with Crippen LogP contribution in [0.3, 0.4) is 0 Å². The first-order chi connectivity index (χ1) is 8.47. The molecule has 0 unspecified atom stereocenters. The molecule has 0 spiro atoms. The minimum absolute atomic E-state index is 0.0475. The summed E-state index contributed by atoms with van der Waals surface area (Å²) in [7, 11) is 0. The van der Waals surface area contributed by atoms with Crippen LogP contribution in [0.15, 0.2) is 18.2 Å². The number of nitrogens with zero attached hydrogens (tertiary/aromatic N) is 2. The number of benzene rings is 1. The third-order valence-corrected chi connectivity index (χ3v) is 2.77.